The van der Waals surface area contributed by atoms with Crippen molar-refractivity contribution >= 4 is 16.5 Å². The molecule has 2 heterocycles. The number of nitrogens with one attached hydrogen (secondary N) is 1. The molecule has 0 radical (unpaired) electrons. The summed E-state index contributed by atoms with van der Waals surface area (Å²) in [6.07, 6.45) is 4.32. The van der Waals surface area contributed by atoms with Crippen LogP contribution in [0.1, 0.15) is 45.7 Å². The molecular weight excluding hydrogens is 254 g/mol. The van der Waals surface area contributed by atoms with E-state index in [4.69, 9.17) is 4.98 Å². The Morgan fingerprint density at radius 1 is 1.32 bits per heavy atom. The minimum absolute atomic E-state index is 0.161. The van der Waals surface area contributed by atoms with Crippen LogP contribution in [0.2, 0.25) is 0 Å². The van der Waals surface area contributed by atoms with E-state index in [2.05, 4.69) is 36.4 Å². The molecule has 0 amide bonds. The molecule has 3 nitrogen and oxygen atoms in total. The first-order valence-electron chi connectivity index (χ1n) is 7.46. The largest absolute Gasteiger partial charge is 0.348 e. The van der Waals surface area contributed by atoms with Crippen LogP contribution in [0, 0.1) is 11.8 Å². The van der Waals surface area contributed by atoms with Crippen molar-refractivity contribution in [1.29, 1.82) is 0 Å². The van der Waals surface area contributed by atoms with E-state index in [9.17, 15) is 0 Å². The fourth-order valence-electron chi connectivity index (χ4n) is 3.27. The fraction of sp³-hybridized carbons (Fsp3) is 0.800. The van der Waals surface area contributed by atoms with Crippen LogP contribution in [0.4, 0.5) is 5.13 Å². The van der Waals surface area contributed by atoms with Crippen LogP contribution in [0.5, 0.6) is 0 Å². The zero-order valence-corrected chi connectivity index (χ0v) is 13.1. The molecule has 1 saturated carbocycles. The summed E-state index contributed by atoms with van der Waals surface area (Å²) in [5, 5.41) is 6.95. The lowest BCUT2D eigenvalue weighted by Crippen LogP contribution is -2.35. The third-order valence-corrected chi connectivity index (χ3v) is 5.29. The molecule has 2 atom stereocenters. The summed E-state index contributed by atoms with van der Waals surface area (Å²) < 4.78 is 0. The van der Waals surface area contributed by atoms with Gasteiger partial charge in [-0.3, -0.25) is 0 Å². The monoisotopic (exact) mass is 279 g/mol. The standard InChI is InChI=1S/C15H25N3S/c1-15(2,3)16-7-13-10-19-14(17-13)18-8-11-5-4-6-12(11)9-18/h10-12,16H,4-9H2,1-3H3. The second-order valence-electron chi connectivity index (χ2n) is 7.08. The Labute approximate surface area is 120 Å². The molecule has 1 aliphatic heterocycles. The van der Waals surface area contributed by atoms with E-state index >= 15 is 0 Å². The van der Waals surface area contributed by atoms with Crippen molar-refractivity contribution in [3.05, 3.63) is 11.1 Å². The molecule has 106 valence electrons. The van der Waals surface area contributed by atoms with E-state index in [0.717, 1.165) is 18.4 Å². The number of aromatic nitrogens is 1. The molecule has 1 aliphatic carbocycles. The Bertz CT molecular complexity index is 423. The second kappa shape index (κ2) is 5.06. The molecule has 4 heteroatoms. The topological polar surface area (TPSA) is 28.2 Å². The Hall–Kier alpha value is -0.610. The summed E-state index contributed by atoms with van der Waals surface area (Å²) in [5.41, 5.74) is 1.35. The van der Waals surface area contributed by atoms with E-state index in [1.54, 1.807) is 0 Å². The van der Waals surface area contributed by atoms with Crippen molar-refractivity contribution in [1.82, 2.24) is 10.3 Å². The van der Waals surface area contributed by atoms with Gasteiger partial charge in [0.25, 0.3) is 0 Å². The van der Waals surface area contributed by atoms with Crippen molar-refractivity contribution in [3.63, 3.8) is 0 Å². The molecule has 1 aromatic heterocycles. The minimum Gasteiger partial charge on any atom is -0.348 e. The molecule has 0 bridgehead atoms. The van der Waals surface area contributed by atoms with Gasteiger partial charge in [-0.25, -0.2) is 4.98 Å². The summed E-state index contributed by atoms with van der Waals surface area (Å²) in [6, 6.07) is 0. The highest BCUT2D eigenvalue weighted by Crippen LogP contribution is 2.40. The minimum atomic E-state index is 0.161. The highest BCUT2D eigenvalue weighted by Gasteiger charge is 2.36. The van der Waals surface area contributed by atoms with Crippen LogP contribution >= 0.6 is 11.3 Å². The van der Waals surface area contributed by atoms with Crippen molar-refractivity contribution < 1.29 is 0 Å². The van der Waals surface area contributed by atoms with Crippen LogP contribution in [0.3, 0.4) is 0 Å². The van der Waals surface area contributed by atoms with Gasteiger partial charge in [-0.2, -0.15) is 0 Å². The predicted molar refractivity (Wildman–Crippen MR) is 81.8 cm³/mol. The summed E-state index contributed by atoms with van der Waals surface area (Å²) in [6.45, 7) is 9.95. The first-order chi connectivity index (χ1) is 9.01. The van der Waals surface area contributed by atoms with Crippen LogP contribution in [-0.2, 0) is 6.54 Å². The molecule has 2 aliphatic rings. The molecule has 0 spiro atoms. The predicted octanol–water partition coefficient (Wildman–Crippen LogP) is 3.27. The van der Waals surface area contributed by atoms with Crippen LogP contribution in [0.15, 0.2) is 5.38 Å². The average Bonchev–Trinajstić information content (AvgIpc) is 2.99. The lowest BCUT2D eigenvalue weighted by atomic mass is 10.0. The maximum atomic E-state index is 4.80. The Morgan fingerprint density at radius 3 is 2.63 bits per heavy atom. The third-order valence-electron chi connectivity index (χ3n) is 4.34. The van der Waals surface area contributed by atoms with Gasteiger partial charge in [0.15, 0.2) is 5.13 Å². The lowest BCUT2D eigenvalue weighted by molar-refractivity contribution is 0.422. The van der Waals surface area contributed by atoms with Crippen LogP contribution in [0.25, 0.3) is 0 Å². The molecular formula is C15H25N3S. The molecule has 19 heavy (non-hydrogen) atoms. The van der Waals surface area contributed by atoms with Gasteiger partial charge in [-0.05, 0) is 45.4 Å². The second-order valence-corrected chi connectivity index (χ2v) is 7.92. The smallest absolute Gasteiger partial charge is 0.185 e. The number of thiazole rings is 1. The Kier molecular flexibility index (Phi) is 3.56. The normalized spacial score (nSPS) is 27.0. The number of rotatable bonds is 3. The highest BCUT2D eigenvalue weighted by molar-refractivity contribution is 7.13. The van der Waals surface area contributed by atoms with E-state index in [1.807, 2.05) is 11.3 Å². The van der Waals surface area contributed by atoms with Gasteiger partial charge >= 0.3 is 0 Å². The van der Waals surface area contributed by atoms with Gasteiger partial charge in [0, 0.05) is 30.6 Å². The molecule has 1 N–H and O–H groups in total. The molecule has 0 aromatic carbocycles. The number of fused-ring (bicyclic) bond motifs is 1. The summed E-state index contributed by atoms with van der Waals surface area (Å²) in [4.78, 5) is 7.32. The molecule has 1 saturated heterocycles. The maximum Gasteiger partial charge on any atom is 0.185 e. The van der Waals surface area contributed by atoms with E-state index in [1.165, 1.54) is 43.2 Å². The molecule has 2 fully saturated rings. The zero-order valence-electron chi connectivity index (χ0n) is 12.3. The highest BCUT2D eigenvalue weighted by atomic mass is 32.1. The average molecular weight is 279 g/mol. The Morgan fingerprint density at radius 2 is 2.00 bits per heavy atom. The van der Waals surface area contributed by atoms with Gasteiger partial charge in [0.05, 0.1) is 5.69 Å². The van der Waals surface area contributed by atoms with E-state index in [-0.39, 0.29) is 5.54 Å². The molecule has 1 aromatic rings. The fourth-order valence-corrected chi connectivity index (χ4v) is 4.12. The van der Waals surface area contributed by atoms with E-state index < -0.39 is 0 Å². The third kappa shape index (κ3) is 3.11. The number of hydrogen-bond donors (Lipinski definition) is 1. The molecule has 3 rings (SSSR count). The molecule has 2 unspecified atom stereocenters. The summed E-state index contributed by atoms with van der Waals surface area (Å²) in [7, 11) is 0. The van der Waals surface area contributed by atoms with Gasteiger partial charge in [0.2, 0.25) is 0 Å². The van der Waals surface area contributed by atoms with Crippen molar-refractivity contribution in [2.45, 2.75) is 52.1 Å². The number of anilines is 1. The number of hydrogen-bond acceptors (Lipinski definition) is 4. The van der Waals surface area contributed by atoms with Gasteiger partial charge in [-0.1, -0.05) is 6.42 Å². The van der Waals surface area contributed by atoms with Crippen LogP contribution < -0.4 is 10.2 Å². The lowest BCUT2D eigenvalue weighted by Gasteiger charge is -2.19. The SMILES string of the molecule is CC(C)(C)NCc1csc(N2CC3CCCC3C2)n1. The summed E-state index contributed by atoms with van der Waals surface area (Å²) >= 11 is 1.81. The van der Waals surface area contributed by atoms with Crippen LogP contribution in [-0.4, -0.2) is 23.6 Å². The van der Waals surface area contributed by atoms with Gasteiger partial charge in [-0.15, -0.1) is 11.3 Å². The van der Waals surface area contributed by atoms with Gasteiger partial charge < -0.3 is 10.2 Å². The maximum absolute atomic E-state index is 4.80. The number of nitrogens with zero attached hydrogens (tertiary/aromatic N) is 2. The first kappa shape index (κ1) is 13.4. The van der Waals surface area contributed by atoms with Crippen molar-refractivity contribution in [2.24, 2.45) is 11.8 Å². The zero-order chi connectivity index (χ0) is 13.5. The van der Waals surface area contributed by atoms with Crippen molar-refractivity contribution in [2.75, 3.05) is 18.0 Å². The Balaban J connectivity index is 1.59. The first-order valence-corrected chi connectivity index (χ1v) is 8.33. The van der Waals surface area contributed by atoms with E-state index in [0.29, 0.717) is 0 Å². The summed E-state index contributed by atoms with van der Waals surface area (Å²) in [5.74, 6) is 1.89. The van der Waals surface area contributed by atoms with Gasteiger partial charge in [0.1, 0.15) is 0 Å². The quantitative estimate of drug-likeness (QED) is 0.920. The van der Waals surface area contributed by atoms with Crippen molar-refractivity contribution in [3.8, 4) is 0 Å².